The fourth-order valence-electron chi connectivity index (χ4n) is 2.91. The fourth-order valence-corrected chi connectivity index (χ4v) is 2.91. The van der Waals surface area contributed by atoms with E-state index in [-0.39, 0.29) is 22.9 Å². The van der Waals surface area contributed by atoms with Crippen molar-refractivity contribution in [3.8, 4) is 22.6 Å². The normalized spacial score (nSPS) is 11.1. The molecule has 0 aliphatic heterocycles. The van der Waals surface area contributed by atoms with Gasteiger partial charge < -0.3 is 20.0 Å². The Morgan fingerprint density at radius 2 is 1.96 bits per heavy atom. The van der Waals surface area contributed by atoms with Crippen molar-refractivity contribution < 1.29 is 13.5 Å². The van der Waals surface area contributed by atoms with Crippen LogP contribution in [0.4, 0.5) is 14.6 Å². The van der Waals surface area contributed by atoms with Crippen molar-refractivity contribution in [1.29, 1.82) is 0 Å². The molecule has 3 N–H and O–H groups in total. The number of nitrogens with zero attached hydrogens (tertiary/aromatic N) is 2. The van der Waals surface area contributed by atoms with Gasteiger partial charge in [-0.15, -0.1) is 0 Å². The molecule has 27 heavy (non-hydrogen) atoms. The first-order valence-electron chi connectivity index (χ1n) is 7.99. The summed E-state index contributed by atoms with van der Waals surface area (Å²) in [5.74, 6) is -1.25. The Morgan fingerprint density at radius 1 is 1.15 bits per heavy atom. The number of nitrogen functional groups attached to an aromatic ring is 1. The van der Waals surface area contributed by atoms with Gasteiger partial charge in [-0.05, 0) is 24.3 Å². The maximum absolute atomic E-state index is 14.0. The van der Waals surface area contributed by atoms with E-state index in [2.05, 4.69) is 9.97 Å². The van der Waals surface area contributed by atoms with Gasteiger partial charge in [-0.25, -0.2) is 13.8 Å². The molecule has 4 rings (SSSR count). The van der Waals surface area contributed by atoms with Crippen molar-refractivity contribution in [3.63, 3.8) is 0 Å². The summed E-state index contributed by atoms with van der Waals surface area (Å²) in [6.45, 7) is 0. The summed E-state index contributed by atoms with van der Waals surface area (Å²) in [7, 11) is 1.62. The fraction of sp³-hybridized carbons (Fsp3) is 0.0526. The van der Waals surface area contributed by atoms with Crippen LogP contribution < -0.4 is 16.0 Å². The van der Waals surface area contributed by atoms with E-state index < -0.39 is 11.6 Å². The van der Waals surface area contributed by atoms with Gasteiger partial charge in [0.15, 0.2) is 17.3 Å². The Balaban J connectivity index is 1.92. The van der Waals surface area contributed by atoms with Gasteiger partial charge in [0.05, 0.1) is 6.20 Å². The summed E-state index contributed by atoms with van der Waals surface area (Å²) >= 11 is 0. The van der Waals surface area contributed by atoms with Crippen LogP contribution in [0.3, 0.4) is 0 Å². The predicted molar refractivity (Wildman–Crippen MR) is 97.6 cm³/mol. The summed E-state index contributed by atoms with van der Waals surface area (Å²) in [5.41, 5.74) is 7.23. The van der Waals surface area contributed by atoms with Gasteiger partial charge >= 0.3 is 0 Å². The molecule has 3 aromatic heterocycles. The van der Waals surface area contributed by atoms with Crippen LogP contribution in [-0.4, -0.2) is 14.5 Å². The number of nitrogens with one attached hydrogen (secondary N) is 1. The zero-order valence-electron chi connectivity index (χ0n) is 14.2. The van der Waals surface area contributed by atoms with Crippen LogP contribution >= 0.6 is 0 Å². The van der Waals surface area contributed by atoms with Crippen LogP contribution in [0.2, 0.25) is 0 Å². The molecule has 0 atom stereocenters. The van der Waals surface area contributed by atoms with Crippen molar-refractivity contribution >= 4 is 16.7 Å². The van der Waals surface area contributed by atoms with Crippen LogP contribution in [0.1, 0.15) is 0 Å². The molecule has 0 unspecified atom stereocenters. The number of halogens is 2. The van der Waals surface area contributed by atoms with Gasteiger partial charge in [-0.1, -0.05) is 0 Å². The largest absolute Gasteiger partial charge is 0.452 e. The second-order valence-corrected chi connectivity index (χ2v) is 6.01. The van der Waals surface area contributed by atoms with Crippen molar-refractivity contribution in [2.24, 2.45) is 7.05 Å². The molecule has 0 spiro atoms. The van der Waals surface area contributed by atoms with Gasteiger partial charge in [0.2, 0.25) is 0 Å². The molecule has 0 bridgehead atoms. The molecule has 8 heteroatoms. The van der Waals surface area contributed by atoms with Gasteiger partial charge in [-0.3, -0.25) is 4.79 Å². The van der Waals surface area contributed by atoms with E-state index in [0.29, 0.717) is 22.0 Å². The summed E-state index contributed by atoms with van der Waals surface area (Å²) in [4.78, 5) is 19.2. The summed E-state index contributed by atoms with van der Waals surface area (Å²) in [6, 6.07) is 6.35. The molecule has 6 nitrogen and oxygen atoms in total. The summed E-state index contributed by atoms with van der Waals surface area (Å²) in [5, 5.41) is 0.660. The van der Waals surface area contributed by atoms with E-state index in [0.717, 1.165) is 12.1 Å². The number of benzene rings is 1. The lowest BCUT2D eigenvalue weighted by atomic mass is 10.0. The first-order chi connectivity index (χ1) is 12.9. The van der Waals surface area contributed by atoms with E-state index in [4.69, 9.17) is 10.5 Å². The third-order valence-corrected chi connectivity index (χ3v) is 4.19. The van der Waals surface area contributed by atoms with Crippen LogP contribution in [0.15, 0.2) is 53.7 Å². The van der Waals surface area contributed by atoms with Crippen LogP contribution in [0.5, 0.6) is 11.5 Å². The number of aryl methyl sites for hydroxylation is 1. The van der Waals surface area contributed by atoms with Crippen molar-refractivity contribution in [1.82, 2.24) is 14.5 Å². The smallest absolute Gasteiger partial charge is 0.274 e. The lowest BCUT2D eigenvalue weighted by Gasteiger charge is -2.14. The Labute approximate surface area is 151 Å². The van der Waals surface area contributed by atoms with E-state index >= 15 is 0 Å². The number of nitrogens with two attached hydrogens (primary N) is 1. The molecule has 1 aromatic carbocycles. The highest BCUT2D eigenvalue weighted by atomic mass is 19.1. The minimum atomic E-state index is -0.843. The Kier molecular flexibility index (Phi) is 3.88. The summed E-state index contributed by atoms with van der Waals surface area (Å²) in [6.07, 6.45) is 4.65. The molecule has 4 aromatic rings. The SMILES string of the molecule is Cn1cc(-c2cc(N)ncc2Oc2ccc(F)cc2F)c2cc[nH]c2c1=O. The molecule has 0 amide bonds. The zero-order valence-corrected chi connectivity index (χ0v) is 14.2. The molecule has 0 fully saturated rings. The molecular formula is C19H14F2N4O2. The third-order valence-electron chi connectivity index (χ3n) is 4.19. The molecule has 3 heterocycles. The number of rotatable bonds is 3. The molecule has 0 aliphatic carbocycles. The quantitative estimate of drug-likeness (QED) is 0.579. The Bertz CT molecular complexity index is 1230. The number of fused-ring (bicyclic) bond motifs is 1. The van der Waals surface area contributed by atoms with Crippen molar-refractivity contribution in [3.05, 3.63) is 70.9 Å². The zero-order chi connectivity index (χ0) is 19.1. The topological polar surface area (TPSA) is 85.9 Å². The number of anilines is 1. The van der Waals surface area contributed by atoms with E-state index in [1.807, 2.05) is 0 Å². The number of aromatic amines is 1. The van der Waals surface area contributed by atoms with E-state index in [9.17, 15) is 13.6 Å². The number of ether oxygens (including phenoxy) is 1. The second kappa shape index (κ2) is 6.24. The average Bonchev–Trinajstić information content (AvgIpc) is 3.12. The van der Waals surface area contributed by atoms with E-state index in [1.165, 1.54) is 16.8 Å². The van der Waals surface area contributed by atoms with Crippen molar-refractivity contribution in [2.75, 3.05) is 5.73 Å². The maximum Gasteiger partial charge on any atom is 0.274 e. The van der Waals surface area contributed by atoms with Crippen molar-refractivity contribution in [2.45, 2.75) is 0 Å². The highest BCUT2D eigenvalue weighted by molar-refractivity contribution is 5.96. The van der Waals surface area contributed by atoms with Gasteiger partial charge in [-0.2, -0.15) is 0 Å². The molecule has 0 saturated heterocycles. The average molecular weight is 368 g/mol. The molecule has 0 radical (unpaired) electrons. The number of H-pyrrole nitrogens is 1. The van der Waals surface area contributed by atoms with Gasteiger partial charge in [0.1, 0.15) is 17.2 Å². The first kappa shape index (κ1) is 16.8. The highest BCUT2D eigenvalue weighted by Gasteiger charge is 2.17. The maximum atomic E-state index is 14.0. The molecule has 0 aliphatic rings. The number of pyridine rings is 2. The molecule has 136 valence electrons. The Morgan fingerprint density at radius 3 is 2.74 bits per heavy atom. The lowest BCUT2D eigenvalue weighted by molar-refractivity contribution is 0.437. The third kappa shape index (κ3) is 2.91. The minimum absolute atomic E-state index is 0.153. The molecule has 0 saturated carbocycles. The van der Waals surface area contributed by atoms with Gasteiger partial charge in [0, 0.05) is 42.0 Å². The van der Waals surface area contributed by atoms with Crippen LogP contribution in [-0.2, 0) is 7.05 Å². The highest BCUT2D eigenvalue weighted by Crippen LogP contribution is 2.37. The number of hydrogen-bond acceptors (Lipinski definition) is 4. The lowest BCUT2D eigenvalue weighted by Crippen LogP contribution is -2.16. The van der Waals surface area contributed by atoms with Gasteiger partial charge in [0.25, 0.3) is 5.56 Å². The van der Waals surface area contributed by atoms with E-state index in [1.54, 1.807) is 31.6 Å². The monoisotopic (exact) mass is 368 g/mol. The predicted octanol–water partition coefficient (Wildman–Crippen LogP) is 3.58. The minimum Gasteiger partial charge on any atom is -0.452 e. The first-order valence-corrected chi connectivity index (χ1v) is 7.99. The standard InChI is InChI=1S/C19H14F2N4O2/c1-25-9-13(11-4-5-23-18(11)19(25)26)12-7-17(22)24-8-16(12)27-15-3-2-10(20)6-14(15)21/h2-9,23H,1H3,(H2,22,24). The van der Waals surface area contributed by atoms with Crippen LogP contribution in [0.25, 0.3) is 22.0 Å². The summed E-state index contributed by atoms with van der Waals surface area (Å²) < 4.78 is 34.2. The molecular weight excluding hydrogens is 354 g/mol. The number of hydrogen-bond donors (Lipinski definition) is 2. The van der Waals surface area contributed by atoms with Crippen LogP contribution in [0, 0.1) is 11.6 Å². The second-order valence-electron chi connectivity index (χ2n) is 6.01. The number of aromatic nitrogens is 3. The Hall–Kier alpha value is -3.68.